The van der Waals surface area contributed by atoms with Crippen LogP contribution >= 0.6 is 0 Å². The smallest absolute Gasteiger partial charge is 0.0607 e. The van der Waals surface area contributed by atoms with Gasteiger partial charge in [0.2, 0.25) is 0 Å². The van der Waals surface area contributed by atoms with E-state index in [1.165, 1.54) is 71.4 Å². The van der Waals surface area contributed by atoms with E-state index in [0.717, 1.165) is 39.0 Å². The largest absolute Gasteiger partial charge is 0.304 e. The number of aryl methyl sites for hydroxylation is 1. The van der Waals surface area contributed by atoms with Crippen LogP contribution in [0.3, 0.4) is 0 Å². The number of fused-ring (bicyclic) bond motifs is 4. The molecule has 1 unspecified atom stereocenters. The minimum atomic E-state index is 0.389. The molecule has 2 aromatic heterocycles. The van der Waals surface area contributed by atoms with Gasteiger partial charge in [-0.05, 0) is 98.2 Å². The zero-order valence-corrected chi connectivity index (χ0v) is 20.8. The Balaban J connectivity index is 1.39. The van der Waals surface area contributed by atoms with Crippen molar-refractivity contribution in [3.8, 4) is 11.1 Å². The monoisotopic (exact) mass is 454 g/mol. The molecule has 3 aromatic rings. The Bertz CT molecular complexity index is 1100. The Hall–Kier alpha value is -2.56. The molecule has 2 aliphatic rings. The van der Waals surface area contributed by atoms with Gasteiger partial charge in [-0.1, -0.05) is 44.2 Å². The quantitative estimate of drug-likeness (QED) is 0.273. The molecule has 0 fully saturated rings. The molecule has 0 N–H and O–H groups in total. The van der Waals surface area contributed by atoms with Gasteiger partial charge in [0.1, 0.15) is 0 Å². The predicted molar refractivity (Wildman–Crippen MR) is 140 cm³/mol. The number of unbranched alkanes of at least 4 members (excludes halogenated alkanes) is 1. The number of nitrogens with zero attached hydrogens (tertiary/aromatic N) is 4. The summed E-state index contributed by atoms with van der Waals surface area (Å²) in [7, 11) is 0. The van der Waals surface area contributed by atoms with Gasteiger partial charge in [0.05, 0.1) is 17.4 Å². The number of aromatic nitrogens is 2. The molecule has 0 bridgehead atoms. The summed E-state index contributed by atoms with van der Waals surface area (Å²) < 4.78 is 0. The van der Waals surface area contributed by atoms with E-state index in [9.17, 15) is 0 Å². The van der Waals surface area contributed by atoms with Gasteiger partial charge in [-0.3, -0.25) is 14.9 Å². The van der Waals surface area contributed by atoms with Crippen LogP contribution in [0.5, 0.6) is 0 Å². The third-order valence-corrected chi connectivity index (χ3v) is 7.84. The molecule has 0 spiro atoms. The summed E-state index contributed by atoms with van der Waals surface area (Å²) in [4.78, 5) is 15.0. The molecule has 178 valence electrons. The number of benzene rings is 1. The average Bonchev–Trinajstić information content (AvgIpc) is 3.27. The second kappa shape index (κ2) is 10.8. The first-order valence-electron chi connectivity index (χ1n) is 13.2. The van der Waals surface area contributed by atoms with E-state index in [2.05, 4.69) is 66.1 Å². The lowest BCUT2D eigenvalue weighted by atomic mass is 9.90. The Morgan fingerprint density at radius 2 is 1.68 bits per heavy atom. The number of pyridine rings is 2. The molecule has 1 atom stereocenters. The zero-order valence-electron chi connectivity index (χ0n) is 20.8. The minimum Gasteiger partial charge on any atom is -0.304 e. The Morgan fingerprint density at radius 1 is 0.853 bits per heavy atom. The molecule has 4 heteroatoms. The highest BCUT2D eigenvalue weighted by atomic mass is 15.2. The second-order valence-corrected chi connectivity index (χ2v) is 9.78. The van der Waals surface area contributed by atoms with Crippen LogP contribution in [0.15, 0.2) is 54.9 Å². The van der Waals surface area contributed by atoms with Crippen LogP contribution in [-0.2, 0) is 19.4 Å². The highest BCUT2D eigenvalue weighted by Gasteiger charge is 2.29. The van der Waals surface area contributed by atoms with Crippen molar-refractivity contribution in [1.29, 1.82) is 0 Å². The van der Waals surface area contributed by atoms with Crippen LogP contribution < -0.4 is 0 Å². The summed E-state index contributed by atoms with van der Waals surface area (Å²) >= 11 is 0. The molecule has 34 heavy (non-hydrogen) atoms. The molecule has 1 aromatic carbocycles. The minimum absolute atomic E-state index is 0.389. The van der Waals surface area contributed by atoms with Crippen molar-refractivity contribution >= 4 is 0 Å². The van der Waals surface area contributed by atoms with Gasteiger partial charge in [0.15, 0.2) is 0 Å². The van der Waals surface area contributed by atoms with E-state index in [-0.39, 0.29) is 0 Å². The number of rotatable bonds is 10. The average molecular weight is 455 g/mol. The van der Waals surface area contributed by atoms with Gasteiger partial charge in [0, 0.05) is 25.4 Å². The molecule has 0 saturated heterocycles. The molecule has 0 saturated carbocycles. The van der Waals surface area contributed by atoms with E-state index in [4.69, 9.17) is 9.97 Å². The van der Waals surface area contributed by atoms with E-state index < -0.39 is 0 Å². The van der Waals surface area contributed by atoms with Crippen LogP contribution in [0.25, 0.3) is 11.1 Å². The van der Waals surface area contributed by atoms with Crippen LogP contribution in [0.1, 0.15) is 73.7 Å². The van der Waals surface area contributed by atoms with Gasteiger partial charge in [-0.15, -0.1) is 0 Å². The summed E-state index contributed by atoms with van der Waals surface area (Å²) in [5.74, 6) is 0. The van der Waals surface area contributed by atoms with Crippen LogP contribution in [0.2, 0.25) is 0 Å². The fraction of sp³-hybridized carbons (Fsp3) is 0.467. The maximum Gasteiger partial charge on any atom is 0.0607 e. The zero-order chi connectivity index (χ0) is 23.3. The molecule has 2 aliphatic carbocycles. The van der Waals surface area contributed by atoms with Gasteiger partial charge in [-0.25, -0.2) is 0 Å². The van der Waals surface area contributed by atoms with E-state index in [0.29, 0.717) is 6.04 Å². The van der Waals surface area contributed by atoms with Crippen molar-refractivity contribution in [1.82, 2.24) is 19.8 Å². The summed E-state index contributed by atoms with van der Waals surface area (Å²) in [6.07, 6.45) is 11.0. The van der Waals surface area contributed by atoms with E-state index >= 15 is 0 Å². The normalized spacial score (nSPS) is 16.5. The van der Waals surface area contributed by atoms with E-state index in [1.807, 2.05) is 12.4 Å². The molecule has 0 radical (unpaired) electrons. The Morgan fingerprint density at radius 3 is 2.56 bits per heavy atom. The Labute approximate surface area is 205 Å². The molecular weight excluding hydrogens is 416 g/mol. The maximum atomic E-state index is 4.94. The highest BCUT2D eigenvalue weighted by Crippen LogP contribution is 2.39. The van der Waals surface area contributed by atoms with Crippen molar-refractivity contribution in [2.75, 3.05) is 26.2 Å². The fourth-order valence-corrected chi connectivity index (χ4v) is 5.92. The maximum absolute atomic E-state index is 4.94. The topological polar surface area (TPSA) is 32.3 Å². The first-order chi connectivity index (χ1) is 16.8. The molecule has 4 nitrogen and oxygen atoms in total. The fourth-order valence-electron chi connectivity index (χ4n) is 5.92. The summed E-state index contributed by atoms with van der Waals surface area (Å²) in [5, 5.41) is 0. The van der Waals surface area contributed by atoms with Crippen molar-refractivity contribution in [3.63, 3.8) is 0 Å². The molecule has 0 amide bonds. The van der Waals surface area contributed by atoms with Crippen molar-refractivity contribution in [3.05, 3.63) is 82.9 Å². The van der Waals surface area contributed by atoms with Crippen LogP contribution in [0.4, 0.5) is 0 Å². The standard InChI is InChI=1S/C30H38N4/c1-3-33(4-2)19-7-8-20-34(29-15-9-12-23-13-10-17-32-30(23)29)22-28-27-21-24-11-5-6-14-25(24)26(27)16-18-31-28/h5-6,10-11,13-14,16-18,29H,3-4,7-9,12,15,19-22H2,1-2H3. The van der Waals surface area contributed by atoms with Gasteiger partial charge >= 0.3 is 0 Å². The summed E-state index contributed by atoms with van der Waals surface area (Å²) in [6, 6.07) is 15.8. The molecule has 0 aliphatic heterocycles. The lowest BCUT2D eigenvalue weighted by Crippen LogP contribution is -2.33. The van der Waals surface area contributed by atoms with Crippen molar-refractivity contribution < 1.29 is 0 Å². The third kappa shape index (κ3) is 4.80. The van der Waals surface area contributed by atoms with Crippen molar-refractivity contribution in [2.24, 2.45) is 0 Å². The first kappa shape index (κ1) is 23.2. The SMILES string of the molecule is CCN(CC)CCCCN(Cc1nccc2c1Cc1ccccc1-2)C1CCCc2cccnc21. The van der Waals surface area contributed by atoms with Crippen molar-refractivity contribution in [2.45, 2.75) is 65.0 Å². The third-order valence-electron chi connectivity index (χ3n) is 7.84. The molecule has 5 rings (SSSR count). The number of hydrogen-bond acceptors (Lipinski definition) is 4. The second-order valence-electron chi connectivity index (χ2n) is 9.78. The lowest BCUT2D eigenvalue weighted by molar-refractivity contribution is 0.157. The van der Waals surface area contributed by atoms with Crippen LogP contribution in [-0.4, -0.2) is 45.9 Å². The summed E-state index contributed by atoms with van der Waals surface area (Å²) in [5.41, 5.74) is 9.61. The predicted octanol–water partition coefficient (Wildman–Crippen LogP) is 6.05. The number of hydrogen-bond donors (Lipinski definition) is 0. The lowest BCUT2D eigenvalue weighted by Gasteiger charge is -2.35. The van der Waals surface area contributed by atoms with Gasteiger partial charge < -0.3 is 4.90 Å². The van der Waals surface area contributed by atoms with Gasteiger partial charge in [0.25, 0.3) is 0 Å². The molecular formula is C30H38N4. The first-order valence-corrected chi connectivity index (χ1v) is 13.2. The van der Waals surface area contributed by atoms with Crippen LogP contribution in [0, 0.1) is 0 Å². The molecule has 2 heterocycles. The highest BCUT2D eigenvalue weighted by molar-refractivity contribution is 5.77. The summed E-state index contributed by atoms with van der Waals surface area (Å²) in [6.45, 7) is 10.00. The van der Waals surface area contributed by atoms with Gasteiger partial charge in [-0.2, -0.15) is 0 Å². The van der Waals surface area contributed by atoms with E-state index in [1.54, 1.807) is 0 Å². The Kier molecular flexibility index (Phi) is 7.36.